The molecule has 11 rings (SSSR count). The number of hydrogen-bond acceptors (Lipinski definition) is 2. The van der Waals surface area contributed by atoms with Crippen LogP contribution in [0.5, 0.6) is 0 Å². The summed E-state index contributed by atoms with van der Waals surface area (Å²) in [5.41, 5.74) is 16.8. The molecular weight excluding hydrogens is 701 g/mol. The summed E-state index contributed by atoms with van der Waals surface area (Å²) in [6.07, 6.45) is 0. The van der Waals surface area contributed by atoms with Crippen molar-refractivity contribution in [1.29, 1.82) is 0 Å². The number of rotatable bonds is 8. The maximum Gasteiger partial charge on any atom is 0.0468 e. The molecule has 272 valence electrons. The average molecular weight is 739 g/mol. The molecule has 1 aliphatic carbocycles. The fraction of sp³-hybridized carbons (Fsp3) is 0. The van der Waals surface area contributed by atoms with Crippen molar-refractivity contribution in [3.8, 4) is 44.5 Å². The lowest BCUT2D eigenvalue weighted by atomic mass is 9.78. The van der Waals surface area contributed by atoms with Crippen LogP contribution in [-0.4, -0.2) is 0 Å². The molecule has 0 spiro atoms. The molecule has 0 N–H and O–H groups in total. The van der Waals surface area contributed by atoms with Gasteiger partial charge < -0.3 is 9.80 Å². The van der Waals surface area contributed by atoms with E-state index in [1.807, 2.05) is 0 Å². The molecule has 0 bridgehead atoms. The first-order valence-corrected chi connectivity index (χ1v) is 19.9. The maximum absolute atomic E-state index is 2.39. The third kappa shape index (κ3) is 6.00. The predicted octanol–water partition coefficient (Wildman–Crippen LogP) is 15.9. The molecule has 0 radical (unpaired) electrons. The second-order valence-corrected chi connectivity index (χ2v) is 15.0. The van der Waals surface area contributed by atoms with Crippen LogP contribution in [-0.2, 0) is 0 Å². The van der Waals surface area contributed by atoms with Crippen LogP contribution in [0.3, 0.4) is 0 Å². The predicted molar refractivity (Wildman–Crippen MR) is 246 cm³/mol. The van der Waals surface area contributed by atoms with Crippen LogP contribution in [0.25, 0.3) is 66.1 Å². The van der Waals surface area contributed by atoms with Gasteiger partial charge in [0, 0.05) is 34.1 Å². The summed E-state index contributed by atoms with van der Waals surface area (Å²) in [4.78, 5) is 4.73. The molecular formula is C56H38N2. The van der Waals surface area contributed by atoms with Crippen LogP contribution in [0.1, 0.15) is 0 Å². The van der Waals surface area contributed by atoms with E-state index in [2.05, 4.69) is 240 Å². The monoisotopic (exact) mass is 738 g/mol. The molecule has 10 aromatic carbocycles. The van der Waals surface area contributed by atoms with Gasteiger partial charge in [0.15, 0.2) is 0 Å². The second kappa shape index (κ2) is 14.1. The molecule has 0 aliphatic heterocycles. The van der Waals surface area contributed by atoms with Gasteiger partial charge in [0.25, 0.3) is 0 Å². The molecule has 0 aromatic heterocycles. The smallest absolute Gasteiger partial charge is 0.0468 e. The van der Waals surface area contributed by atoms with E-state index in [0.29, 0.717) is 0 Å². The number of benzene rings is 10. The summed E-state index contributed by atoms with van der Waals surface area (Å²) < 4.78 is 0. The van der Waals surface area contributed by atoms with Gasteiger partial charge in [0.2, 0.25) is 0 Å². The molecule has 0 fully saturated rings. The Labute approximate surface area is 339 Å². The number of hydrogen-bond donors (Lipinski definition) is 0. The Bertz CT molecular complexity index is 2890. The quantitative estimate of drug-likeness (QED) is 0.153. The molecule has 1 aliphatic rings. The Kier molecular flexibility index (Phi) is 8.19. The first-order chi connectivity index (χ1) is 28.7. The zero-order valence-electron chi connectivity index (χ0n) is 31.8. The van der Waals surface area contributed by atoms with E-state index >= 15 is 0 Å². The Morgan fingerprint density at radius 1 is 0.190 bits per heavy atom. The molecule has 0 saturated carbocycles. The number of para-hydroxylation sites is 2. The SMILES string of the molecule is c1ccc(-c2cccc(N(c3ccccc3)c3ccc4cc5c(cc4c3)-c3cc4cc(N(c6ccccc6)c6cccc(-c7ccccc7)c6)ccc4cc3-5)c2)cc1. The largest absolute Gasteiger partial charge is 0.310 e. The van der Waals surface area contributed by atoms with Gasteiger partial charge in [-0.1, -0.05) is 133 Å². The number of nitrogens with zero attached hydrogens (tertiary/aromatic N) is 2. The highest BCUT2D eigenvalue weighted by molar-refractivity contribution is 6.12. The summed E-state index contributed by atoms with van der Waals surface area (Å²) in [7, 11) is 0. The van der Waals surface area contributed by atoms with Crippen LogP contribution < -0.4 is 9.80 Å². The van der Waals surface area contributed by atoms with E-state index in [9.17, 15) is 0 Å². The van der Waals surface area contributed by atoms with Gasteiger partial charge >= 0.3 is 0 Å². The van der Waals surface area contributed by atoms with Crippen molar-refractivity contribution >= 4 is 55.7 Å². The number of anilines is 6. The Hall–Kier alpha value is -7.68. The highest BCUT2D eigenvalue weighted by Crippen LogP contribution is 2.51. The van der Waals surface area contributed by atoms with Gasteiger partial charge in [0.05, 0.1) is 0 Å². The summed E-state index contributed by atoms with van der Waals surface area (Å²) >= 11 is 0. The zero-order chi connectivity index (χ0) is 38.4. The van der Waals surface area contributed by atoms with Gasteiger partial charge in [0.1, 0.15) is 0 Å². The van der Waals surface area contributed by atoms with Crippen molar-refractivity contribution in [2.75, 3.05) is 9.80 Å². The van der Waals surface area contributed by atoms with Crippen LogP contribution >= 0.6 is 0 Å². The van der Waals surface area contributed by atoms with Gasteiger partial charge in [-0.05, 0) is 163 Å². The lowest BCUT2D eigenvalue weighted by Gasteiger charge is -2.29. The van der Waals surface area contributed by atoms with Gasteiger partial charge in [-0.2, -0.15) is 0 Å². The molecule has 58 heavy (non-hydrogen) atoms. The molecule has 0 atom stereocenters. The molecule has 0 amide bonds. The average Bonchev–Trinajstić information content (AvgIpc) is 3.29. The van der Waals surface area contributed by atoms with Crippen molar-refractivity contribution in [2.24, 2.45) is 0 Å². The first-order valence-electron chi connectivity index (χ1n) is 19.9. The van der Waals surface area contributed by atoms with E-state index in [0.717, 1.165) is 34.1 Å². The fourth-order valence-corrected chi connectivity index (χ4v) is 8.64. The molecule has 2 heteroatoms. The van der Waals surface area contributed by atoms with Crippen LogP contribution in [0.4, 0.5) is 34.1 Å². The van der Waals surface area contributed by atoms with Crippen molar-refractivity contribution in [1.82, 2.24) is 0 Å². The lowest BCUT2D eigenvalue weighted by Crippen LogP contribution is -2.10. The highest BCUT2D eigenvalue weighted by atomic mass is 15.1. The first kappa shape index (κ1) is 33.6. The van der Waals surface area contributed by atoms with Crippen molar-refractivity contribution in [3.63, 3.8) is 0 Å². The Balaban J connectivity index is 0.981. The van der Waals surface area contributed by atoms with Crippen molar-refractivity contribution in [3.05, 3.63) is 231 Å². The van der Waals surface area contributed by atoms with E-state index < -0.39 is 0 Å². The lowest BCUT2D eigenvalue weighted by molar-refractivity contribution is 1.29. The second-order valence-electron chi connectivity index (χ2n) is 15.0. The maximum atomic E-state index is 2.39. The highest BCUT2D eigenvalue weighted by Gasteiger charge is 2.25. The van der Waals surface area contributed by atoms with Crippen LogP contribution in [0.15, 0.2) is 231 Å². The summed E-state index contributed by atoms with van der Waals surface area (Å²) in [5, 5.41) is 4.94. The van der Waals surface area contributed by atoms with Crippen LogP contribution in [0.2, 0.25) is 0 Å². The van der Waals surface area contributed by atoms with Gasteiger partial charge in [-0.25, -0.2) is 0 Å². The Morgan fingerprint density at radius 2 is 0.500 bits per heavy atom. The van der Waals surface area contributed by atoms with Gasteiger partial charge in [-0.15, -0.1) is 0 Å². The van der Waals surface area contributed by atoms with Crippen molar-refractivity contribution < 1.29 is 0 Å². The van der Waals surface area contributed by atoms with Gasteiger partial charge in [-0.3, -0.25) is 0 Å². The molecule has 0 unspecified atom stereocenters. The molecule has 10 aromatic rings. The topological polar surface area (TPSA) is 6.48 Å². The molecule has 0 saturated heterocycles. The minimum atomic E-state index is 1.12. The van der Waals surface area contributed by atoms with E-state index in [4.69, 9.17) is 0 Å². The van der Waals surface area contributed by atoms with Crippen molar-refractivity contribution in [2.45, 2.75) is 0 Å². The molecule has 0 heterocycles. The standard InChI is InChI=1S/C56H38N2/c1-5-15-39(16-6-1)41-19-13-25-49(31-41)57(47-21-9-3-10-22-47)51-29-27-43-35-53-54-36-44-28-30-52(34-46(44)38-56(54)55(53)37-45(43)33-51)58(48-23-11-4-12-24-48)50-26-14-20-42(32-50)40-17-7-2-8-18-40/h1-38H. The fourth-order valence-electron chi connectivity index (χ4n) is 8.64. The third-order valence-corrected chi connectivity index (χ3v) is 11.5. The normalized spacial score (nSPS) is 11.4. The summed E-state index contributed by atoms with van der Waals surface area (Å²) in [6, 6.07) is 83.5. The minimum Gasteiger partial charge on any atom is -0.310 e. The third-order valence-electron chi connectivity index (χ3n) is 11.5. The van der Waals surface area contributed by atoms with E-state index in [-0.39, 0.29) is 0 Å². The van der Waals surface area contributed by atoms with E-state index in [1.54, 1.807) is 0 Å². The Morgan fingerprint density at radius 3 is 0.897 bits per heavy atom. The molecule has 2 nitrogen and oxygen atoms in total. The van der Waals surface area contributed by atoms with E-state index in [1.165, 1.54) is 66.1 Å². The summed E-state index contributed by atoms with van der Waals surface area (Å²) in [6.45, 7) is 0. The minimum absolute atomic E-state index is 1.12. The zero-order valence-corrected chi connectivity index (χ0v) is 31.8. The number of fused-ring (bicyclic) bond motifs is 6. The van der Waals surface area contributed by atoms with Crippen LogP contribution in [0, 0.1) is 0 Å². The summed E-state index contributed by atoms with van der Waals surface area (Å²) in [5.74, 6) is 0.